The number of rotatable bonds is 7. The van der Waals surface area contributed by atoms with Crippen molar-refractivity contribution < 1.29 is 0 Å². The molecule has 0 amide bonds. The second-order valence-corrected chi connectivity index (χ2v) is 5.91. The van der Waals surface area contributed by atoms with Crippen molar-refractivity contribution in [2.45, 2.75) is 26.8 Å². The van der Waals surface area contributed by atoms with Crippen LogP contribution in [0.4, 0.5) is 0 Å². The fourth-order valence-electron chi connectivity index (χ4n) is 2.31. The van der Waals surface area contributed by atoms with E-state index in [0.717, 1.165) is 24.5 Å². The van der Waals surface area contributed by atoms with Gasteiger partial charge in [-0.05, 0) is 51.0 Å². The lowest BCUT2D eigenvalue weighted by Gasteiger charge is -2.06. The van der Waals surface area contributed by atoms with Gasteiger partial charge in [0, 0.05) is 17.8 Å². The van der Waals surface area contributed by atoms with Crippen molar-refractivity contribution in [3.8, 4) is 5.69 Å². The van der Waals surface area contributed by atoms with Gasteiger partial charge in [0.2, 0.25) is 0 Å². The van der Waals surface area contributed by atoms with Gasteiger partial charge in [-0.2, -0.15) is 16.9 Å². The zero-order valence-electron chi connectivity index (χ0n) is 12.5. The van der Waals surface area contributed by atoms with Gasteiger partial charge < -0.3 is 5.32 Å². The van der Waals surface area contributed by atoms with Crippen LogP contribution in [0, 0.1) is 13.8 Å². The summed E-state index contributed by atoms with van der Waals surface area (Å²) in [6, 6.07) is 10.3. The van der Waals surface area contributed by atoms with E-state index in [1.54, 1.807) is 0 Å². The molecule has 0 saturated heterocycles. The highest BCUT2D eigenvalue weighted by Crippen LogP contribution is 2.17. The predicted octanol–water partition coefficient (Wildman–Crippen LogP) is 3.33. The molecule has 108 valence electrons. The van der Waals surface area contributed by atoms with Crippen LogP contribution in [0.3, 0.4) is 0 Å². The average Bonchev–Trinajstić information content (AvgIpc) is 2.75. The highest BCUT2D eigenvalue weighted by atomic mass is 32.2. The summed E-state index contributed by atoms with van der Waals surface area (Å²) >= 11 is 1.90. The number of hydrogen-bond donors (Lipinski definition) is 1. The van der Waals surface area contributed by atoms with Gasteiger partial charge in [-0.1, -0.05) is 18.2 Å². The number of aromatic nitrogens is 2. The van der Waals surface area contributed by atoms with Crippen LogP contribution in [-0.4, -0.2) is 28.3 Å². The van der Waals surface area contributed by atoms with Crippen molar-refractivity contribution >= 4 is 11.8 Å². The Hall–Kier alpha value is -1.26. The van der Waals surface area contributed by atoms with Crippen molar-refractivity contribution in [2.24, 2.45) is 0 Å². The maximum absolute atomic E-state index is 4.67. The Morgan fingerprint density at radius 1 is 1.20 bits per heavy atom. The molecule has 0 aliphatic rings. The fraction of sp³-hybridized carbons (Fsp3) is 0.438. The lowest BCUT2D eigenvalue weighted by atomic mass is 10.2. The quantitative estimate of drug-likeness (QED) is 0.793. The summed E-state index contributed by atoms with van der Waals surface area (Å²) in [5.41, 5.74) is 4.79. The molecule has 0 spiro atoms. The van der Waals surface area contributed by atoms with Crippen LogP contribution in [0.1, 0.15) is 23.4 Å². The third-order valence-corrected chi connectivity index (χ3v) is 4.14. The summed E-state index contributed by atoms with van der Waals surface area (Å²) < 4.78 is 2.04. The van der Waals surface area contributed by atoms with Crippen LogP contribution in [0.15, 0.2) is 30.3 Å². The molecule has 0 unspecified atom stereocenters. The van der Waals surface area contributed by atoms with Crippen LogP contribution in [0.2, 0.25) is 0 Å². The Morgan fingerprint density at radius 2 is 1.95 bits per heavy atom. The van der Waals surface area contributed by atoms with Crippen LogP contribution in [0.25, 0.3) is 5.69 Å². The van der Waals surface area contributed by atoms with Gasteiger partial charge in [0.25, 0.3) is 0 Å². The van der Waals surface area contributed by atoms with Gasteiger partial charge in [0.15, 0.2) is 0 Å². The first-order chi connectivity index (χ1) is 9.74. The van der Waals surface area contributed by atoms with E-state index >= 15 is 0 Å². The highest BCUT2D eigenvalue weighted by Gasteiger charge is 2.11. The molecular formula is C16H23N3S. The van der Waals surface area contributed by atoms with Crippen LogP contribution >= 0.6 is 11.8 Å². The molecule has 1 N–H and O–H groups in total. The maximum Gasteiger partial charge on any atom is 0.0648 e. The molecule has 3 nitrogen and oxygen atoms in total. The summed E-state index contributed by atoms with van der Waals surface area (Å²) in [5, 5.41) is 8.18. The molecule has 0 radical (unpaired) electrons. The minimum atomic E-state index is 0.902. The first-order valence-corrected chi connectivity index (χ1v) is 8.43. The van der Waals surface area contributed by atoms with E-state index < -0.39 is 0 Å². The van der Waals surface area contributed by atoms with Crippen molar-refractivity contribution in [2.75, 3.05) is 18.6 Å². The van der Waals surface area contributed by atoms with Gasteiger partial charge in [-0.15, -0.1) is 0 Å². The van der Waals surface area contributed by atoms with Crippen LogP contribution in [-0.2, 0) is 6.54 Å². The van der Waals surface area contributed by atoms with Crippen molar-refractivity contribution in [3.05, 3.63) is 47.3 Å². The van der Waals surface area contributed by atoms with Crippen LogP contribution < -0.4 is 5.32 Å². The molecule has 1 aromatic heterocycles. The van der Waals surface area contributed by atoms with Gasteiger partial charge in [-0.25, -0.2) is 4.68 Å². The standard InChI is InChI=1S/C16H23N3S/c1-13-16(12-17-10-7-11-20-3)14(2)19(18-13)15-8-5-4-6-9-15/h4-6,8-9,17H,7,10-12H2,1-3H3. The molecule has 0 fully saturated rings. The number of benzene rings is 1. The predicted molar refractivity (Wildman–Crippen MR) is 87.7 cm³/mol. The molecular weight excluding hydrogens is 266 g/mol. The summed E-state index contributed by atoms with van der Waals surface area (Å²) in [5.74, 6) is 1.22. The van der Waals surface area contributed by atoms with Crippen molar-refractivity contribution in [1.82, 2.24) is 15.1 Å². The fourth-order valence-corrected chi connectivity index (χ4v) is 2.74. The summed E-state index contributed by atoms with van der Waals surface area (Å²) in [7, 11) is 0. The number of thioether (sulfide) groups is 1. The highest BCUT2D eigenvalue weighted by molar-refractivity contribution is 7.98. The van der Waals surface area contributed by atoms with E-state index in [0.29, 0.717) is 0 Å². The van der Waals surface area contributed by atoms with E-state index in [9.17, 15) is 0 Å². The van der Waals surface area contributed by atoms with Crippen LogP contribution in [0.5, 0.6) is 0 Å². The summed E-state index contributed by atoms with van der Waals surface area (Å²) in [6.07, 6.45) is 3.37. The minimum absolute atomic E-state index is 0.902. The Bertz CT molecular complexity index is 534. The molecule has 2 aromatic rings. The molecule has 0 aliphatic carbocycles. The first-order valence-electron chi connectivity index (χ1n) is 7.04. The normalized spacial score (nSPS) is 10.9. The minimum Gasteiger partial charge on any atom is -0.313 e. The Morgan fingerprint density at radius 3 is 2.65 bits per heavy atom. The second-order valence-electron chi connectivity index (χ2n) is 4.92. The van der Waals surface area contributed by atoms with Crippen molar-refractivity contribution in [3.63, 3.8) is 0 Å². The Kier molecular flexibility index (Phi) is 5.68. The first kappa shape index (κ1) is 15.1. The average molecular weight is 289 g/mol. The molecule has 2 rings (SSSR count). The third-order valence-electron chi connectivity index (χ3n) is 3.45. The Balaban J connectivity index is 2.06. The lowest BCUT2D eigenvalue weighted by Crippen LogP contribution is -2.16. The van der Waals surface area contributed by atoms with E-state index in [1.165, 1.54) is 23.4 Å². The lowest BCUT2D eigenvalue weighted by molar-refractivity contribution is 0.674. The van der Waals surface area contributed by atoms with Gasteiger partial charge >= 0.3 is 0 Å². The number of para-hydroxylation sites is 1. The zero-order valence-corrected chi connectivity index (χ0v) is 13.3. The number of aryl methyl sites for hydroxylation is 1. The SMILES string of the molecule is CSCCCNCc1c(C)nn(-c2ccccc2)c1C. The van der Waals surface area contributed by atoms with E-state index in [2.05, 4.69) is 42.7 Å². The molecule has 0 aliphatic heterocycles. The summed E-state index contributed by atoms with van der Waals surface area (Å²) in [6.45, 7) is 6.20. The zero-order chi connectivity index (χ0) is 14.4. The van der Waals surface area contributed by atoms with Gasteiger partial charge in [-0.3, -0.25) is 0 Å². The smallest absolute Gasteiger partial charge is 0.0648 e. The largest absolute Gasteiger partial charge is 0.313 e. The monoisotopic (exact) mass is 289 g/mol. The second kappa shape index (κ2) is 7.50. The molecule has 20 heavy (non-hydrogen) atoms. The maximum atomic E-state index is 4.67. The molecule has 0 atom stereocenters. The van der Waals surface area contributed by atoms with Gasteiger partial charge in [0.05, 0.1) is 11.4 Å². The topological polar surface area (TPSA) is 29.9 Å². The molecule has 0 bridgehead atoms. The van der Waals surface area contributed by atoms with Gasteiger partial charge in [0.1, 0.15) is 0 Å². The Labute approximate surface area is 125 Å². The molecule has 4 heteroatoms. The summed E-state index contributed by atoms with van der Waals surface area (Å²) in [4.78, 5) is 0. The van der Waals surface area contributed by atoms with E-state index in [1.807, 2.05) is 34.6 Å². The van der Waals surface area contributed by atoms with Crippen molar-refractivity contribution in [1.29, 1.82) is 0 Å². The number of hydrogen-bond acceptors (Lipinski definition) is 3. The molecule has 0 saturated carbocycles. The molecule has 1 heterocycles. The van der Waals surface area contributed by atoms with E-state index in [-0.39, 0.29) is 0 Å². The molecule has 1 aromatic carbocycles. The number of nitrogens with one attached hydrogen (secondary N) is 1. The van der Waals surface area contributed by atoms with E-state index in [4.69, 9.17) is 0 Å². The third kappa shape index (κ3) is 3.64. The number of nitrogens with zero attached hydrogens (tertiary/aromatic N) is 2.